The van der Waals surface area contributed by atoms with Crippen LogP contribution in [-0.2, 0) is 4.79 Å². The van der Waals surface area contributed by atoms with Gasteiger partial charge in [0.1, 0.15) is 0 Å². The molecule has 0 aliphatic heterocycles. The van der Waals surface area contributed by atoms with E-state index in [-0.39, 0.29) is 11.5 Å². The van der Waals surface area contributed by atoms with Crippen molar-refractivity contribution >= 4 is 5.78 Å². The molecule has 2 nitrogen and oxygen atoms in total. The van der Waals surface area contributed by atoms with Gasteiger partial charge in [-0.3, -0.25) is 4.79 Å². The number of Topliss-reactive ketones (excluding diaryl/α,β-unsaturated/α-hetero) is 1. The van der Waals surface area contributed by atoms with Gasteiger partial charge in [0.25, 0.3) is 0 Å². The molecule has 0 radical (unpaired) electrons. The minimum Gasteiger partial charge on any atom is -0.396 e. The van der Waals surface area contributed by atoms with Gasteiger partial charge in [-0.05, 0) is 0 Å². The van der Waals surface area contributed by atoms with Crippen molar-refractivity contribution in [3.8, 4) is 0 Å². The van der Waals surface area contributed by atoms with Gasteiger partial charge in [-0.2, -0.15) is 0 Å². The normalized spacial score (nSPS) is 7.00. The van der Waals surface area contributed by atoms with Crippen LogP contribution in [0.3, 0.4) is 0 Å². The first-order valence-electron chi connectivity index (χ1n) is 3.16. The van der Waals surface area contributed by atoms with Gasteiger partial charge in [0.15, 0.2) is 5.78 Å². The van der Waals surface area contributed by atoms with Crippen LogP contribution in [0.15, 0.2) is 12.3 Å². The third-order valence-corrected chi connectivity index (χ3v) is 0.679. The van der Waals surface area contributed by atoms with E-state index in [0.717, 1.165) is 0 Å². The Bertz CT molecular complexity index is 97.1. The van der Waals surface area contributed by atoms with Gasteiger partial charge in [-0.1, -0.05) is 27.4 Å². The molecule has 0 fully saturated rings. The highest BCUT2D eigenvalue weighted by molar-refractivity contribution is 5.93. The smallest absolute Gasteiger partial charge is 0.177 e. The van der Waals surface area contributed by atoms with E-state index in [9.17, 15) is 4.79 Å². The Labute approximate surface area is 56.7 Å². The van der Waals surface area contributed by atoms with Crippen molar-refractivity contribution in [3.63, 3.8) is 0 Å². The van der Waals surface area contributed by atoms with Crippen LogP contribution in [0.2, 0.25) is 0 Å². The van der Waals surface area contributed by atoms with Crippen molar-refractivity contribution in [2.24, 2.45) is 5.73 Å². The maximum atomic E-state index is 10.3. The summed E-state index contributed by atoms with van der Waals surface area (Å²) in [6.45, 7) is 9.00. The van der Waals surface area contributed by atoms with Gasteiger partial charge >= 0.3 is 0 Å². The molecule has 0 aromatic carbocycles. The predicted octanol–water partition coefficient (Wildman–Crippen LogP) is 1.46. The number of ketones is 1. The monoisotopic (exact) mass is 129 g/mol. The average Bonchev–Trinajstić information content (AvgIpc) is 1.91. The largest absolute Gasteiger partial charge is 0.396 e. The molecule has 0 saturated heterocycles. The van der Waals surface area contributed by atoms with E-state index < -0.39 is 0 Å². The summed E-state index contributed by atoms with van der Waals surface area (Å²) in [5.74, 6) is -0.0694. The molecular formula is C7H15NO. The number of hydrogen-bond donors (Lipinski definition) is 1. The molecule has 0 amide bonds. The highest BCUT2D eigenvalue weighted by Crippen LogP contribution is 1.84. The van der Waals surface area contributed by atoms with Gasteiger partial charge in [0.05, 0.1) is 5.70 Å². The summed E-state index contributed by atoms with van der Waals surface area (Å²) >= 11 is 0. The third kappa shape index (κ3) is 7.21. The lowest BCUT2D eigenvalue weighted by Crippen LogP contribution is -2.07. The summed E-state index contributed by atoms with van der Waals surface area (Å²) in [6.07, 6.45) is 0.454. The van der Waals surface area contributed by atoms with E-state index >= 15 is 0 Å². The van der Waals surface area contributed by atoms with Crippen LogP contribution in [0, 0.1) is 0 Å². The molecule has 0 aromatic rings. The zero-order chi connectivity index (χ0) is 7.86. The average molecular weight is 129 g/mol. The molecular weight excluding hydrogens is 114 g/mol. The van der Waals surface area contributed by atoms with Gasteiger partial charge in [-0.25, -0.2) is 0 Å². The lowest BCUT2D eigenvalue weighted by atomic mass is 10.3. The summed E-state index contributed by atoms with van der Waals surface area (Å²) in [6, 6.07) is 0. The lowest BCUT2D eigenvalue weighted by Gasteiger charge is -1.88. The summed E-state index contributed by atoms with van der Waals surface area (Å²) in [4.78, 5) is 10.3. The van der Waals surface area contributed by atoms with Crippen LogP contribution in [0.25, 0.3) is 0 Å². The Morgan fingerprint density at radius 1 is 1.56 bits per heavy atom. The molecule has 0 aliphatic rings. The highest BCUT2D eigenvalue weighted by Gasteiger charge is 1.94. The molecule has 2 heteroatoms. The number of carbonyl (C=O) groups is 1. The third-order valence-electron chi connectivity index (χ3n) is 0.679. The Kier molecular flexibility index (Phi) is 8.87. The highest BCUT2D eigenvalue weighted by atomic mass is 16.1. The molecule has 0 spiro atoms. The number of hydrogen-bond acceptors (Lipinski definition) is 2. The van der Waals surface area contributed by atoms with Gasteiger partial charge in [0.2, 0.25) is 0 Å². The van der Waals surface area contributed by atoms with Crippen molar-refractivity contribution in [3.05, 3.63) is 12.3 Å². The number of carbonyl (C=O) groups excluding carboxylic acids is 1. The van der Waals surface area contributed by atoms with E-state index in [0.29, 0.717) is 6.42 Å². The molecule has 0 bridgehead atoms. The quantitative estimate of drug-likeness (QED) is 0.573. The summed E-state index contributed by atoms with van der Waals surface area (Å²) in [5, 5.41) is 0. The van der Waals surface area contributed by atoms with E-state index in [1.807, 2.05) is 13.8 Å². The molecule has 0 aliphatic carbocycles. The molecule has 0 unspecified atom stereocenters. The van der Waals surface area contributed by atoms with Crippen LogP contribution in [0.1, 0.15) is 27.2 Å². The fraction of sp³-hybridized carbons (Fsp3) is 0.571. The summed E-state index contributed by atoms with van der Waals surface area (Å²) < 4.78 is 0. The lowest BCUT2D eigenvalue weighted by molar-refractivity contribution is -0.115. The first-order chi connectivity index (χ1) is 4.18. The Balaban J connectivity index is 0. The van der Waals surface area contributed by atoms with Crippen molar-refractivity contribution in [2.45, 2.75) is 27.2 Å². The van der Waals surface area contributed by atoms with Crippen molar-refractivity contribution in [1.29, 1.82) is 0 Å². The molecule has 0 atom stereocenters. The van der Waals surface area contributed by atoms with Crippen LogP contribution < -0.4 is 5.73 Å². The number of rotatable bonds is 2. The van der Waals surface area contributed by atoms with Crippen molar-refractivity contribution in [2.75, 3.05) is 0 Å². The van der Waals surface area contributed by atoms with Crippen molar-refractivity contribution < 1.29 is 4.79 Å². The molecule has 0 saturated carbocycles. The topological polar surface area (TPSA) is 43.1 Å². The first kappa shape index (κ1) is 11.1. The molecule has 0 heterocycles. The second kappa shape index (κ2) is 7.21. The fourth-order valence-electron chi connectivity index (χ4n) is 0.227. The Morgan fingerprint density at radius 2 is 1.89 bits per heavy atom. The predicted molar refractivity (Wildman–Crippen MR) is 40.0 cm³/mol. The Hall–Kier alpha value is -0.790. The zero-order valence-electron chi connectivity index (χ0n) is 6.40. The van der Waals surface area contributed by atoms with Gasteiger partial charge in [-0.15, -0.1) is 0 Å². The maximum Gasteiger partial charge on any atom is 0.177 e. The molecule has 54 valence electrons. The SMILES string of the molecule is C=C(N)C(=O)CC.CC. The second-order valence-corrected chi connectivity index (χ2v) is 1.30. The molecule has 0 rings (SSSR count). The Morgan fingerprint density at radius 3 is 1.89 bits per heavy atom. The standard InChI is InChI=1S/C5H9NO.C2H6/c1-3-5(7)4(2)6;1-2/h2-3,6H2,1H3;1-2H3. The van der Waals surface area contributed by atoms with E-state index in [4.69, 9.17) is 5.73 Å². The maximum absolute atomic E-state index is 10.3. The van der Waals surface area contributed by atoms with E-state index in [1.165, 1.54) is 0 Å². The van der Waals surface area contributed by atoms with Crippen LogP contribution in [0.4, 0.5) is 0 Å². The minimum absolute atomic E-state index is 0.0694. The van der Waals surface area contributed by atoms with Crippen LogP contribution in [0.5, 0.6) is 0 Å². The van der Waals surface area contributed by atoms with Gasteiger partial charge < -0.3 is 5.73 Å². The second-order valence-electron chi connectivity index (χ2n) is 1.30. The summed E-state index contributed by atoms with van der Waals surface area (Å²) in [7, 11) is 0. The van der Waals surface area contributed by atoms with Crippen LogP contribution in [-0.4, -0.2) is 5.78 Å². The molecule has 2 N–H and O–H groups in total. The number of allylic oxidation sites excluding steroid dienone is 1. The number of nitrogens with two attached hydrogens (primary N) is 1. The zero-order valence-corrected chi connectivity index (χ0v) is 6.40. The summed E-state index contributed by atoms with van der Waals surface area (Å²) in [5.41, 5.74) is 5.16. The fourth-order valence-corrected chi connectivity index (χ4v) is 0.227. The minimum atomic E-state index is -0.0694. The molecule has 0 aromatic heterocycles. The van der Waals surface area contributed by atoms with Crippen LogP contribution >= 0.6 is 0 Å². The van der Waals surface area contributed by atoms with E-state index in [1.54, 1.807) is 6.92 Å². The first-order valence-corrected chi connectivity index (χ1v) is 3.16. The van der Waals surface area contributed by atoms with Crippen molar-refractivity contribution in [1.82, 2.24) is 0 Å². The van der Waals surface area contributed by atoms with Gasteiger partial charge in [0, 0.05) is 6.42 Å². The van der Waals surface area contributed by atoms with E-state index in [2.05, 4.69) is 6.58 Å². The molecule has 9 heavy (non-hydrogen) atoms.